The lowest BCUT2D eigenvalue weighted by Crippen LogP contribution is -2.51. The van der Waals surface area contributed by atoms with Gasteiger partial charge in [0.05, 0.1) is 85.9 Å². The summed E-state index contributed by atoms with van der Waals surface area (Å²) in [4.78, 5) is 12.9. The van der Waals surface area contributed by atoms with Crippen LogP contribution in [0.15, 0.2) is 0 Å². The highest BCUT2D eigenvalue weighted by Crippen LogP contribution is 2.43. The first kappa shape index (κ1) is 34.2. The number of hydrogen-bond acceptors (Lipinski definition) is 10. The summed E-state index contributed by atoms with van der Waals surface area (Å²) < 4.78 is 43.7. The summed E-state index contributed by atoms with van der Waals surface area (Å²) in [5.74, 6) is 0.849. The van der Waals surface area contributed by atoms with Crippen molar-refractivity contribution in [1.29, 1.82) is 0 Å². The van der Waals surface area contributed by atoms with Gasteiger partial charge in [-0.05, 0) is 50.8 Å². The minimum atomic E-state index is -0.963. The number of ether oxygens (including phenoxy) is 8. The van der Waals surface area contributed by atoms with Crippen LogP contribution in [0.1, 0.15) is 35.6 Å². The van der Waals surface area contributed by atoms with Gasteiger partial charge in [-0.3, -0.25) is 4.79 Å². The van der Waals surface area contributed by atoms with Gasteiger partial charge in [0.25, 0.3) is 5.91 Å². The molecule has 40 heavy (non-hydrogen) atoms. The van der Waals surface area contributed by atoms with Crippen LogP contribution in [0.2, 0.25) is 0 Å². The molecule has 1 aromatic carbocycles. The van der Waals surface area contributed by atoms with Crippen LogP contribution in [0.3, 0.4) is 0 Å². The van der Waals surface area contributed by atoms with Crippen molar-refractivity contribution in [1.82, 2.24) is 5.32 Å². The number of hydrogen-bond donors (Lipinski definition) is 2. The number of carbonyl (C=O) groups excluding carboxylic acids is 1. The van der Waals surface area contributed by atoms with E-state index in [2.05, 4.69) is 5.32 Å². The van der Waals surface area contributed by atoms with Gasteiger partial charge in [-0.25, -0.2) is 0 Å². The summed E-state index contributed by atoms with van der Waals surface area (Å²) in [6.07, 6.45) is 1.21. The topological polar surface area (TPSA) is 123 Å². The van der Waals surface area contributed by atoms with Gasteiger partial charge in [-0.1, -0.05) is 0 Å². The van der Waals surface area contributed by atoms with Gasteiger partial charge in [0.2, 0.25) is 0 Å². The molecule has 11 nitrogen and oxygen atoms in total. The van der Waals surface area contributed by atoms with Crippen molar-refractivity contribution in [3.05, 3.63) is 22.3 Å². The van der Waals surface area contributed by atoms with Crippen molar-refractivity contribution in [3.63, 3.8) is 0 Å². The summed E-state index contributed by atoms with van der Waals surface area (Å²) in [5, 5.41) is 13.3. The van der Waals surface area contributed by atoms with Crippen molar-refractivity contribution < 1.29 is 47.8 Å². The normalized spacial score (nSPS) is 16.5. The second-order valence-electron chi connectivity index (χ2n) is 9.79. The molecule has 1 unspecified atom stereocenters. The Morgan fingerprint density at radius 3 is 1.68 bits per heavy atom. The number of phenols is 1. The fourth-order valence-corrected chi connectivity index (χ4v) is 4.18. The molecule has 0 saturated heterocycles. The number of benzene rings is 1. The van der Waals surface area contributed by atoms with E-state index in [-0.39, 0.29) is 5.91 Å². The van der Waals surface area contributed by atoms with Gasteiger partial charge in [-0.15, -0.1) is 0 Å². The number of nitrogens with one attached hydrogen (secondary N) is 1. The van der Waals surface area contributed by atoms with Crippen molar-refractivity contribution in [2.45, 2.75) is 46.1 Å². The quantitative estimate of drug-likeness (QED) is 0.200. The highest BCUT2D eigenvalue weighted by atomic mass is 16.6. The molecule has 1 aliphatic rings. The number of methoxy groups -OCH3 is 1. The molecule has 2 N–H and O–H groups in total. The average Bonchev–Trinajstić information content (AvgIpc) is 2.95. The number of phenolic OH excluding ortho intramolecular Hbond substituents is 1. The van der Waals surface area contributed by atoms with Crippen LogP contribution in [-0.2, 0) is 44.4 Å². The molecular weight excluding hydrogens is 522 g/mol. The largest absolute Gasteiger partial charge is 0.507 e. The van der Waals surface area contributed by atoms with Crippen LogP contribution in [0, 0.1) is 20.8 Å². The number of rotatable bonds is 22. The predicted molar refractivity (Wildman–Crippen MR) is 149 cm³/mol. The van der Waals surface area contributed by atoms with Crippen LogP contribution in [0.4, 0.5) is 0 Å². The highest BCUT2D eigenvalue weighted by Gasteiger charge is 2.40. The van der Waals surface area contributed by atoms with E-state index in [0.29, 0.717) is 117 Å². The van der Waals surface area contributed by atoms with Gasteiger partial charge in [-0.2, -0.15) is 0 Å². The molecule has 0 fully saturated rings. The van der Waals surface area contributed by atoms with Crippen LogP contribution in [0.25, 0.3) is 0 Å². The Labute approximate surface area is 238 Å². The van der Waals surface area contributed by atoms with E-state index in [4.69, 9.17) is 37.9 Å². The standard InChI is InChI=1S/C29H49NO10/c1-22-23(2)27-25(24(3)26(22)31)6-7-29(4,40-27)28(32)30-8-9-34-12-13-36-16-17-38-20-21-39-19-18-37-15-14-35-11-10-33-5/h31H,6-21H2,1-5H3,(H,30,32). The van der Waals surface area contributed by atoms with Crippen LogP contribution >= 0.6 is 0 Å². The summed E-state index contributed by atoms with van der Waals surface area (Å²) >= 11 is 0. The van der Waals surface area contributed by atoms with E-state index in [9.17, 15) is 9.90 Å². The number of fused-ring (bicyclic) bond motifs is 1. The Bertz CT molecular complexity index is 881. The van der Waals surface area contributed by atoms with E-state index < -0.39 is 5.60 Å². The number of aromatic hydroxyl groups is 1. The van der Waals surface area contributed by atoms with Gasteiger partial charge in [0, 0.05) is 25.6 Å². The maximum Gasteiger partial charge on any atom is 0.263 e. The second-order valence-corrected chi connectivity index (χ2v) is 9.79. The molecule has 0 aromatic heterocycles. The molecule has 11 heteroatoms. The third-order valence-electron chi connectivity index (χ3n) is 6.82. The Morgan fingerprint density at radius 2 is 1.20 bits per heavy atom. The third kappa shape index (κ3) is 11.5. The molecule has 1 atom stereocenters. The molecule has 230 valence electrons. The van der Waals surface area contributed by atoms with Gasteiger partial charge < -0.3 is 48.3 Å². The van der Waals surface area contributed by atoms with Crippen molar-refractivity contribution in [2.24, 2.45) is 0 Å². The maximum atomic E-state index is 12.9. The summed E-state index contributed by atoms with van der Waals surface area (Å²) in [6.45, 7) is 14.3. The maximum absolute atomic E-state index is 12.9. The molecule has 0 saturated carbocycles. The van der Waals surface area contributed by atoms with Crippen molar-refractivity contribution >= 4 is 5.91 Å². The Balaban J connectivity index is 1.42. The third-order valence-corrected chi connectivity index (χ3v) is 6.82. The molecule has 2 rings (SSSR count). The summed E-state index contributed by atoms with van der Waals surface area (Å²) in [6, 6.07) is 0. The van der Waals surface area contributed by atoms with E-state index in [1.807, 2.05) is 27.7 Å². The fraction of sp³-hybridized carbons (Fsp3) is 0.759. The SMILES string of the molecule is COCCOCCOCCOCCOCCOCCOCCNC(=O)C1(C)CCc2c(C)c(O)c(C)c(C)c2O1. The molecule has 0 spiro atoms. The Hall–Kier alpha value is -1.99. The van der Waals surface area contributed by atoms with Crippen LogP contribution in [0.5, 0.6) is 11.5 Å². The fourth-order valence-electron chi connectivity index (χ4n) is 4.18. The lowest BCUT2D eigenvalue weighted by Gasteiger charge is -2.36. The molecule has 1 aromatic rings. The molecular formula is C29H49NO10. The second kappa shape index (κ2) is 19.2. The molecule has 1 amide bonds. The Kier molecular flexibility index (Phi) is 16.4. The first-order chi connectivity index (χ1) is 19.3. The zero-order valence-electron chi connectivity index (χ0n) is 24.9. The molecule has 0 aliphatic carbocycles. The van der Waals surface area contributed by atoms with Gasteiger partial charge in [0.15, 0.2) is 5.60 Å². The lowest BCUT2D eigenvalue weighted by molar-refractivity contribution is -0.137. The average molecular weight is 572 g/mol. The Morgan fingerprint density at radius 1 is 0.750 bits per heavy atom. The smallest absolute Gasteiger partial charge is 0.263 e. The minimum Gasteiger partial charge on any atom is -0.507 e. The first-order valence-corrected chi connectivity index (χ1v) is 14.1. The summed E-state index contributed by atoms with van der Waals surface area (Å²) in [7, 11) is 1.64. The zero-order chi connectivity index (χ0) is 29.2. The van der Waals surface area contributed by atoms with Crippen LogP contribution in [-0.4, -0.2) is 116 Å². The molecule has 1 heterocycles. The van der Waals surface area contributed by atoms with E-state index in [0.717, 1.165) is 22.3 Å². The molecule has 0 bridgehead atoms. The van der Waals surface area contributed by atoms with E-state index in [1.165, 1.54) is 0 Å². The van der Waals surface area contributed by atoms with E-state index in [1.54, 1.807) is 7.11 Å². The monoisotopic (exact) mass is 571 g/mol. The van der Waals surface area contributed by atoms with Crippen molar-refractivity contribution in [2.75, 3.05) is 99.5 Å². The zero-order valence-corrected chi connectivity index (χ0v) is 24.9. The minimum absolute atomic E-state index is 0.169. The van der Waals surface area contributed by atoms with Crippen molar-refractivity contribution in [3.8, 4) is 11.5 Å². The molecule has 0 radical (unpaired) electrons. The molecule has 1 aliphatic heterocycles. The predicted octanol–water partition coefficient (Wildman–Crippen LogP) is 2.26. The van der Waals surface area contributed by atoms with E-state index >= 15 is 0 Å². The first-order valence-electron chi connectivity index (χ1n) is 14.1. The highest BCUT2D eigenvalue weighted by molar-refractivity contribution is 5.85. The van der Waals surface area contributed by atoms with Gasteiger partial charge >= 0.3 is 0 Å². The van der Waals surface area contributed by atoms with Crippen LogP contribution < -0.4 is 10.1 Å². The number of carbonyl (C=O) groups is 1. The number of amides is 1. The summed E-state index contributed by atoms with van der Waals surface area (Å²) in [5.41, 5.74) is 2.49. The van der Waals surface area contributed by atoms with Gasteiger partial charge in [0.1, 0.15) is 11.5 Å². The lowest BCUT2D eigenvalue weighted by atomic mass is 9.86.